The number of aliphatic hydroxyl groups is 1. The number of esters is 4. The van der Waals surface area contributed by atoms with Crippen molar-refractivity contribution in [1.82, 2.24) is 0 Å². The number of hydrogen-bond donors (Lipinski definition) is 3. The molecule has 0 spiro atoms. The molecule has 19 heteroatoms. The zero-order chi connectivity index (χ0) is 81.3. The Morgan fingerprint density at radius 3 is 0.613 bits per heavy atom. The van der Waals surface area contributed by atoms with Gasteiger partial charge in [-0.25, -0.2) is 9.13 Å². The fourth-order valence-corrected chi connectivity index (χ4v) is 16.1. The number of unbranched alkanes of at least 4 members (excludes halogenated alkanes) is 61. The Kier molecular flexibility index (Phi) is 81.7. The van der Waals surface area contributed by atoms with Crippen LogP contribution in [0.4, 0.5) is 0 Å². The summed E-state index contributed by atoms with van der Waals surface area (Å²) in [5.41, 5.74) is 0. The molecule has 0 aromatic carbocycles. The molecule has 0 amide bonds. The molecule has 0 saturated carbocycles. The Bertz CT molecular complexity index is 2120. The van der Waals surface area contributed by atoms with Crippen molar-refractivity contribution < 1.29 is 80.2 Å². The first-order chi connectivity index (χ1) is 53.9. The molecule has 0 bridgehead atoms. The first-order valence-corrected chi connectivity index (χ1v) is 50.5. The summed E-state index contributed by atoms with van der Waals surface area (Å²) in [6.45, 7) is 9.71. The van der Waals surface area contributed by atoms with Crippen LogP contribution in [0.1, 0.15) is 497 Å². The van der Waals surface area contributed by atoms with Gasteiger partial charge in [0.25, 0.3) is 0 Å². The van der Waals surface area contributed by atoms with E-state index in [-0.39, 0.29) is 25.7 Å². The van der Waals surface area contributed by atoms with E-state index < -0.39 is 97.5 Å². The van der Waals surface area contributed by atoms with E-state index in [1.165, 1.54) is 315 Å². The van der Waals surface area contributed by atoms with Gasteiger partial charge in [-0.15, -0.1) is 0 Å². The van der Waals surface area contributed by atoms with Crippen LogP contribution in [0.2, 0.25) is 0 Å². The van der Waals surface area contributed by atoms with Crippen molar-refractivity contribution in [1.29, 1.82) is 0 Å². The van der Waals surface area contributed by atoms with E-state index in [0.717, 1.165) is 102 Å². The zero-order valence-electron chi connectivity index (χ0n) is 73.3. The summed E-state index contributed by atoms with van der Waals surface area (Å²) in [5.74, 6) is -0.557. The smallest absolute Gasteiger partial charge is 0.462 e. The molecule has 5 atom stereocenters. The number of phosphoric acid groups is 2. The molecule has 3 N–H and O–H groups in total. The fraction of sp³-hybridized carbons (Fsp3) is 0.957. The normalized spacial score (nSPS) is 13.7. The molecule has 0 aliphatic rings. The van der Waals surface area contributed by atoms with Crippen LogP contribution in [-0.2, 0) is 65.4 Å². The maximum absolute atomic E-state index is 13.2. The van der Waals surface area contributed by atoms with Gasteiger partial charge in [0.1, 0.15) is 19.3 Å². The number of carbonyl (C=O) groups is 4. The number of carbonyl (C=O) groups excluding carboxylic acids is 4. The summed E-state index contributed by atoms with van der Waals surface area (Å²) < 4.78 is 69.1. The monoisotopic (exact) mass is 1620 g/mol. The average Bonchev–Trinajstić information content (AvgIpc) is 0.899. The minimum absolute atomic E-state index is 0.108. The second-order valence-corrected chi connectivity index (χ2v) is 36.9. The first kappa shape index (κ1) is 109. The van der Waals surface area contributed by atoms with Crippen LogP contribution >= 0.6 is 15.6 Å². The number of hydrogen-bond acceptors (Lipinski definition) is 15. The summed E-state index contributed by atoms with van der Waals surface area (Å²) >= 11 is 0. The summed E-state index contributed by atoms with van der Waals surface area (Å²) in [6.07, 6.45) is 78.0. The number of rotatable bonds is 91. The highest BCUT2D eigenvalue weighted by Crippen LogP contribution is 2.45. The lowest BCUT2D eigenvalue weighted by molar-refractivity contribution is -0.161. The fourth-order valence-electron chi connectivity index (χ4n) is 14.5. The Balaban J connectivity index is 5.24. The predicted molar refractivity (Wildman–Crippen MR) is 460 cm³/mol. The van der Waals surface area contributed by atoms with Crippen molar-refractivity contribution in [3.8, 4) is 0 Å². The van der Waals surface area contributed by atoms with Crippen molar-refractivity contribution in [2.45, 2.75) is 516 Å². The van der Waals surface area contributed by atoms with Gasteiger partial charge >= 0.3 is 39.5 Å². The highest BCUT2D eigenvalue weighted by molar-refractivity contribution is 7.47. The first-order valence-electron chi connectivity index (χ1n) is 47.5. The Hall–Kier alpha value is -1.94. The maximum atomic E-state index is 13.2. The largest absolute Gasteiger partial charge is 0.472 e. The molecule has 0 fully saturated rings. The van der Waals surface area contributed by atoms with Gasteiger partial charge in [-0.2, -0.15) is 0 Å². The van der Waals surface area contributed by atoms with Crippen LogP contribution < -0.4 is 0 Å². The summed E-state index contributed by atoms with van der Waals surface area (Å²) in [4.78, 5) is 73.5. The van der Waals surface area contributed by atoms with Crippen molar-refractivity contribution in [2.75, 3.05) is 39.6 Å². The van der Waals surface area contributed by atoms with Crippen molar-refractivity contribution >= 4 is 39.5 Å². The topological polar surface area (TPSA) is 237 Å². The average molecular weight is 1620 g/mol. The van der Waals surface area contributed by atoms with Gasteiger partial charge < -0.3 is 33.8 Å². The van der Waals surface area contributed by atoms with Gasteiger partial charge in [0.2, 0.25) is 0 Å². The summed E-state index contributed by atoms with van der Waals surface area (Å²) in [5, 5.41) is 10.7. The summed E-state index contributed by atoms with van der Waals surface area (Å²) in [6, 6.07) is 0. The van der Waals surface area contributed by atoms with Crippen LogP contribution in [0.5, 0.6) is 0 Å². The molecule has 0 aliphatic carbocycles. The molecule has 0 rings (SSSR count). The second-order valence-electron chi connectivity index (χ2n) is 34.0. The molecule has 660 valence electrons. The van der Waals surface area contributed by atoms with E-state index in [0.29, 0.717) is 25.7 Å². The third kappa shape index (κ3) is 85.8. The Labute approximate surface area is 683 Å². The highest BCUT2D eigenvalue weighted by Gasteiger charge is 2.31. The molecule has 0 aromatic rings. The highest BCUT2D eigenvalue weighted by atomic mass is 31.2. The van der Waals surface area contributed by atoms with Gasteiger partial charge in [0, 0.05) is 25.7 Å². The molecule has 0 saturated heterocycles. The summed E-state index contributed by atoms with van der Waals surface area (Å²) in [7, 11) is -9.94. The van der Waals surface area contributed by atoms with Crippen LogP contribution in [-0.4, -0.2) is 96.7 Å². The molecule has 0 heterocycles. The lowest BCUT2D eigenvalue weighted by Crippen LogP contribution is -2.30. The third-order valence-electron chi connectivity index (χ3n) is 21.7. The third-order valence-corrected chi connectivity index (χ3v) is 23.6. The SMILES string of the molecule is CCCCCCCCCCCCCCCCCCCCCCCCC(=O)O[C@H](COC(=O)CCCCCCCCCCCCCCCCCCCCCC)COP(=O)(O)OC[C@@H](O)COP(=O)(O)OC[C@@H](COC(=O)CCCCCCCCCCCC(C)C)OC(=O)CCCCCCCCCCCCCCCCC(C)C. The quantitative estimate of drug-likeness (QED) is 0.0222. The molecular weight excluding hydrogens is 1440 g/mol. The standard InChI is InChI=1S/C92H180O17P2/c1-7-9-11-13-15-17-19-21-23-25-27-29-30-32-34-36-41-45-51-58-64-70-76-91(96)108-87(80-102-89(94)74-68-62-56-50-44-40-35-33-31-28-26-24-22-20-18-16-14-12-10-8-2)82-106-110(98,99)104-78-86(93)79-105-111(100,101)107-83-88(81-103-90(95)75-69-63-57-53-47-49-55-61-67-73-85(5)6)109-92(97)77-71-65-59-52-46-42-38-37-39-43-48-54-60-66-72-84(3)4/h84-88,93H,7-83H2,1-6H3,(H,98,99)(H,100,101)/t86-,87-,88-/m1/s1. The minimum Gasteiger partial charge on any atom is -0.462 e. The van der Waals surface area contributed by atoms with E-state index >= 15 is 0 Å². The molecule has 111 heavy (non-hydrogen) atoms. The van der Waals surface area contributed by atoms with E-state index in [1.807, 2.05) is 0 Å². The van der Waals surface area contributed by atoms with Crippen molar-refractivity contribution in [3.63, 3.8) is 0 Å². The number of aliphatic hydroxyl groups excluding tert-OH is 1. The van der Waals surface area contributed by atoms with Crippen LogP contribution in [0.3, 0.4) is 0 Å². The van der Waals surface area contributed by atoms with Gasteiger partial charge in [0.05, 0.1) is 26.4 Å². The molecule has 0 aliphatic heterocycles. The van der Waals surface area contributed by atoms with Gasteiger partial charge in [0.15, 0.2) is 12.2 Å². The van der Waals surface area contributed by atoms with E-state index in [1.54, 1.807) is 0 Å². The number of ether oxygens (including phenoxy) is 4. The maximum Gasteiger partial charge on any atom is 0.472 e. The molecule has 0 aromatic heterocycles. The van der Waals surface area contributed by atoms with Gasteiger partial charge in [-0.05, 0) is 37.5 Å². The predicted octanol–water partition coefficient (Wildman–Crippen LogP) is 28.6. The van der Waals surface area contributed by atoms with E-state index in [4.69, 9.17) is 37.0 Å². The lowest BCUT2D eigenvalue weighted by Gasteiger charge is -2.21. The second kappa shape index (κ2) is 83.1. The van der Waals surface area contributed by atoms with E-state index in [2.05, 4.69) is 41.5 Å². The van der Waals surface area contributed by atoms with Crippen molar-refractivity contribution in [2.24, 2.45) is 11.8 Å². The zero-order valence-corrected chi connectivity index (χ0v) is 75.1. The van der Waals surface area contributed by atoms with Crippen LogP contribution in [0.25, 0.3) is 0 Å². The van der Waals surface area contributed by atoms with Crippen molar-refractivity contribution in [3.05, 3.63) is 0 Å². The van der Waals surface area contributed by atoms with E-state index in [9.17, 15) is 43.2 Å². The van der Waals surface area contributed by atoms with Crippen LogP contribution in [0, 0.1) is 11.8 Å². The lowest BCUT2D eigenvalue weighted by atomic mass is 10.0. The number of phosphoric ester groups is 2. The van der Waals surface area contributed by atoms with Gasteiger partial charge in [-0.3, -0.25) is 37.3 Å². The van der Waals surface area contributed by atoms with Gasteiger partial charge in [-0.1, -0.05) is 446 Å². The molecule has 17 nitrogen and oxygen atoms in total. The Morgan fingerprint density at radius 1 is 0.243 bits per heavy atom. The minimum atomic E-state index is -4.97. The van der Waals surface area contributed by atoms with Crippen LogP contribution in [0.15, 0.2) is 0 Å². The molecule has 2 unspecified atom stereocenters. The molecular formula is C92H180O17P2. The Morgan fingerprint density at radius 2 is 0.414 bits per heavy atom. The molecule has 0 radical (unpaired) electrons.